The fraction of sp³-hybridized carbons (Fsp3) is 0.193. The molecule has 0 fully saturated rings. The third kappa shape index (κ3) is 28.9. The predicted octanol–water partition coefficient (Wildman–Crippen LogP) is 9.07. The van der Waals surface area contributed by atoms with E-state index in [9.17, 15) is 28.8 Å². The van der Waals surface area contributed by atoms with Gasteiger partial charge in [-0.25, -0.2) is 28.8 Å². The number of hydrogen-bond donors (Lipinski definition) is 6. The highest BCUT2D eigenvalue weighted by Gasteiger charge is 2.10. The summed E-state index contributed by atoms with van der Waals surface area (Å²) < 4.78 is 34.3. The maximum absolute atomic E-state index is 11.5. The Kier molecular flexibility index (Phi) is 29.2. The minimum atomic E-state index is -0.602. The number of ether oxygens (including phenoxy) is 7. The first-order chi connectivity index (χ1) is 35.8. The van der Waals surface area contributed by atoms with Gasteiger partial charge in [0.25, 0.3) is 0 Å². The van der Waals surface area contributed by atoms with Crippen LogP contribution in [0.1, 0.15) is 50.5 Å². The van der Waals surface area contributed by atoms with Crippen LogP contribution in [0.3, 0.4) is 0 Å². The van der Waals surface area contributed by atoms with E-state index < -0.39 is 29.8 Å². The molecule has 0 aromatic heterocycles. The zero-order valence-electron chi connectivity index (χ0n) is 42.7. The molecule has 0 aliphatic rings. The van der Waals surface area contributed by atoms with Crippen molar-refractivity contribution in [2.24, 2.45) is 0 Å². The highest BCUT2D eigenvalue weighted by molar-refractivity contribution is 5.90. The SMILES string of the molecule is C=C(C)C(=O)OCCOC(=O)c1ccc(O)cc1.C=C(C)C(=O)OCCOc1ccc(O)cc1.C=C(C)C(=O)OCCc1ccc(O)cc1.C=C(C)C(=O)Oc1cc(O)cc(O)c1.C=C(C)C(=O)Oc1ccc(O)cc1. The van der Waals surface area contributed by atoms with Crippen LogP contribution in [0.5, 0.6) is 51.7 Å². The van der Waals surface area contributed by atoms with Crippen molar-refractivity contribution in [1.82, 2.24) is 0 Å². The summed E-state index contributed by atoms with van der Waals surface area (Å²) in [4.78, 5) is 66.6. The summed E-state index contributed by atoms with van der Waals surface area (Å²) >= 11 is 0. The molecule has 76 heavy (non-hydrogen) atoms. The number of aromatic hydroxyl groups is 6. The number of rotatable bonds is 18. The van der Waals surface area contributed by atoms with Crippen LogP contribution in [0, 0.1) is 0 Å². The Morgan fingerprint density at radius 1 is 0.355 bits per heavy atom. The number of esters is 6. The molecule has 19 nitrogen and oxygen atoms in total. The highest BCUT2D eigenvalue weighted by Crippen LogP contribution is 2.26. The Morgan fingerprint density at radius 3 is 1.09 bits per heavy atom. The Labute approximate surface area is 440 Å². The van der Waals surface area contributed by atoms with E-state index in [2.05, 4.69) is 32.9 Å². The van der Waals surface area contributed by atoms with Crippen molar-refractivity contribution in [1.29, 1.82) is 0 Å². The van der Waals surface area contributed by atoms with Gasteiger partial charge in [-0.05, 0) is 125 Å². The zero-order chi connectivity index (χ0) is 57.3. The lowest BCUT2D eigenvalue weighted by atomic mass is 10.1. The molecule has 0 amide bonds. The average molecular weight is 1050 g/mol. The summed E-state index contributed by atoms with van der Waals surface area (Å²) in [5.74, 6) is -1.55. The van der Waals surface area contributed by atoms with Crippen molar-refractivity contribution in [3.63, 3.8) is 0 Å². The average Bonchev–Trinajstić information content (AvgIpc) is 3.36. The topological polar surface area (TPSA) is 288 Å². The van der Waals surface area contributed by atoms with Gasteiger partial charge in [0.2, 0.25) is 0 Å². The molecule has 5 rings (SSSR count). The molecular formula is C57H62O19. The minimum absolute atomic E-state index is 0.0183. The summed E-state index contributed by atoms with van der Waals surface area (Å²) in [6.45, 7) is 25.7. The second-order valence-corrected chi connectivity index (χ2v) is 15.7. The lowest BCUT2D eigenvalue weighted by Gasteiger charge is -2.07. The molecule has 0 atom stereocenters. The molecule has 404 valence electrons. The van der Waals surface area contributed by atoms with Crippen molar-refractivity contribution in [3.05, 3.63) is 187 Å². The van der Waals surface area contributed by atoms with Crippen LogP contribution in [-0.2, 0) is 49.3 Å². The molecule has 6 N–H and O–H groups in total. The van der Waals surface area contributed by atoms with Crippen molar-refractivity contribution < 1.29 is 92.6 Å². The summed E-state index contributed by atoms with van der Waals surface area (Å²) in [5, 5.41) is 54.2. The molecule has 0 unspecified atom stereocenters. The molecule has 0 radical (unpaired) electrons. The van der Waals surface area contributed by atoms with E-state index >= 15 is 0 Å². The summed E-state index contributed by atoms with van der Waals surface area (Å²) in [5.41, 5.74) is 2.98. The molecule has 5 aromatic carbocycles. The molecule has 0 spiro atoms. The Hall–Kier alpha value is -9.78. The van der Waals surface area contributed by atoms with Gasteiger partial charge >= 0.3 is 35.8 Å². The molecule has 19 heteroatoms. The van der Waals surface area contributed by atoms with Crippen LogP contribution in [0.4, 0.5) is 0 Å². The zero-order valence-corrected chi connectivity index (χ0v) is 42.7. The third-order valence-corrected chi connectivity index (χ3v) is 8.51. The first-order valence-corrected chi connectivity index (χ1v) is 22.5. The molecule has 0 saturated heterocycles. The maximum Gasteiger partial charge on any atom is 0.338 e. The number of benzene rings is 5. The van der Waals surface area contributed by atoms with Crippen molar-refractivity contribution in [3.8, 4) is 51.7 Å². The van der Waals surface area contributed by atoms with Gasteiger partial charge in [0.1, 0.15) is 78.2 Å². The standard InChI is InChI=1S/C13H14O5.C12H14O4.C12H14O3.C10H10O4.C10H10O3/c1-9(2)12(15)17-7-8-18-13(16)10-3-5-11(14)6-4-10;1-9(2)12(14)16-8-7-15-11-5-3-10(13)4-6-11;1-9(2)12(14)15-8-7-10-3-5-11(13)6-4-10;1-6(2)10(13)14-9-4-7(11)3-8(12)5-9;1-7(2)10(12)13-9-5-3-8(11)4-6-9/h3-6,14H,1,7-8H2,2H3;3-6,13H,1,7-8H2,2H3;3-6,13H,1,7-8H2,2H3;3-5,11-12H,1H2,2H3;3-6,11H,1H2,2H3. The van der Waals surface area contributed by atoms with Crippen molar-refractivity contribution in [2.45, 2.75) is 41.0 Å². The summed E-state index contributed by atoms with van der Waals surface area (Å²) in [7, 11) is 0. The highest BCUT2D eigenvalue weighted by atomic mass is 16.6. The van der Waals surface area contributed by atoms with Crippen LogP contribution in [0.25, 0.3) is 0 Å². The lowest BCUT2D eigenvalue weighted by Crippen LogP contribution is -2.14. The van der Waals surface area contributed by atoms with Gasteiger partial charge in [-0.1, -0.05) is 45.0 Å². The fourth-order valence-electron chi connectivity index (χ4n) is 4.61. The van der Waals surface area contributed by atoms with Gasteiger partial charge in [-0.2, -0.15) is 0 Å². The van der Waals surface area contributed by atoms with Crippen LogP contribution < -0.4 is 14.2 Å². The van der Waals surface area contributed by atoms with Crippen LogP contribution >= 0.6 is 0 Å². The minimum Gasteiger partial charge on any atom is -0.508 e. The van der Waals surface area contributed by atoms with Crippen molar-refractivity contribution in [2.75, 3.05) is 33.0 Å². The van der Waals surface area contributed by atoms with Gasteiger partial charge in [0, 0.05) is 52.5 Å². The molecule has 0 bridgehead atoms. The van der Waals surface area contributed by atoms with E-state index in [4.69, 9.17) is 63.8 Å². The summed E-state index contributed by atoms with van der Waals surface area (Å²) in [6, 6.07) is 28.3. The van der Waals surface area contributed by atoms with Crippen LogP contribution in [0.2, 0.25) is 0 Å². The van der Waals surface area contributed by atoms with E-state index in [1.54, 1.807) is 57.2 Å². The maximum atomic E-state index is 11.5. The second kappa shape index (κ2) is 34.6. The van der Waals surface area contributed by atoms with Gasteiger partial charge in [-0.15, -0.1) is 0 Å². The van der Waals surface area contributed by atoms with Gasteiger partial charge < -0.3 is 63.8 Å². The third-order valence-electron chi connectivity index (χ3n) is 8.51. The van der Waals surface area contributed by atoms with Crippen molar-refractivity contribution >= 4 is 35.8 Å². The van der Waals surface area contributed by atoms with E-state index in [1.807, 2.05) is 0 Å². The van der Waals surface area contributed by atoms with Crippen LogP contribution in [-0.4, -0.2) is 99.5 Å². The smallest absolute Gasteiger partial charge is 0.338 e. The normalized spacial score (nSPS) is 9.54. The van der Waals surface area contributed by atoms with E-state index in [0.29, 0.717) is 52.4 Å². The number of carbonyl (C=O) groups is 6. The molecule has 0 heterocycles. The van der Waals surface area contributed by atoms with Gasteiger partial charge in [0.15, 0.2) is 0 Å². The first kappa shape index (κ1) is 64.2. The predicted molar refractivity (Wildman–Crippen MR) is 280 cm³/mol. The molecule has 5 aromatic rings. The molecule has 0 saturated carbocycles. The second-order valence-electron chi connectivity index (χ2n) is 15.7. The monoisotopic (exact) mass is 1050 g/mol. The molecule has 0 aliphatic heterocycles. The van der Waals surface area contributed by atoms with Gasteiger partial charge in [0.05, 0.1) is 12.2 Å². The number of carbonyl (C=O) groups excluding carboxylic acids is 6. The fourth-order valence-corrected chi connectivity index (χ4v) is 4.61. The molecular weight excluding hydrogens is 989 g/mol. The number of phenols is 6. The molecule has 0 aliphatic carbocycles. The number of phenolic OH excluding ortho intramolecular Hbond substituents is 6. The van der Waals surface area contributed by atoms with Crippen LogP contribution in [0.15, 0.2) is 176 Å². The summed E-state index contributed by atoms with van der Waals surface area (Å²) in [6.07, 6.45) is 0.638. The quantitative estimate of drug-likeness (QED) is 0.0157. The Bertz CT molecular complexity index is 2740. The Morgan fingerprint density at radius 2 is 0.684 bits per heavy atom. The first-order valence-electron chi connectivity index (χ1n) is 22.5. The largest absolute Gasteiger partial charge is 0.508 e. The van der Waals surface area contributed by atoms with E-state index in [-0.39, 0.29) is 78.2 Å². The van der Waals surface area contributed by atoms with Gasteiger partial charge in [-0.3, -0.25) is 0 Å². The van der Waals surface area contributed by atoms with E-state index in [1.165, 1.54) is 86.6 Å². The number of hydrogen-bond acceptors (Lipinski definition) is 19. The lowest BCUT2D eigenvalue weighted by molar-refractivity contribution is -0.140. The Balaban J connectivity index is 0.000000477. The van der Waals surface area contributed by atoms with E-state index in [0.717, 1.165) is 11.6 Å².